The molecule has 0 bridgehead atoms. The highest BCUT2D eigenvalue weighted by Gasteiger charge is 2.18. The van der Waals surface area contributed by atoms with E-state index in [4.69, 9.17) is 9.47 Å². The van der Waals surface area contributed by atoms with Crippen LogP contribution in [0.5, 0.6) is 5.75 Å². The Morgan fingerprint density at radius 1 is 1.22 bits per heavy atom. The number of amides is 1. The molecule has 1 aliphatic heterocycles. The second-order valence-corrected chi connectivity index (χ2v) is 6.04. The fraction of sp³-hybridized carbons (Fsp3) is 0.556. The summed E-state index contributed by atoms with van der Waals surface area (Å²) in [5, 5.41) is 0. The topological polar surface area (TPSA) is 55.8 Å². The Bertz CT molecular complexity index is 578. The second kappa shape index (κ2) is 7.59. The first-order chi connectivity index (χ1) is 11.2. The molecule has 0 radical (unpaired) electrons. The molecular formula is C18H23NO4. The molecule has 3 rings (SSSR count). The molecule has 1 aromatic rings. The van der Waals surface area contributed by atoms with Crippen molar-refractivity contribution in [3.63, 3.8) is 0 Å². The Labute approximate surface area is 136 Å². The average Bonchev–Trinajstić information content (AvgIpc) is 2.60. The van der Waals surface area contributed by atoms with Crippen molar-refractivity contribution >= 4 is 11.7 Å². The highest BCUT2D eigenvalue weighted by atomic mass is 16.5. The number of ketones is 1. The predicted octanol–water partition coefficient (Wildman–Crippen LogP) is 2.22. The number of aryl methyl sites for hydroxylation is 1. The number of Topliss-reactive ketones (excluding diaryl/α,β-unsaturated/α-hetero) is 1. The Morgan fingerprint density at radius 3 is 2.87 bits per heavy atom. The third-order valence-corrected chi connectivity index (χ3v) is 4.40. The van der Waals surface area contributed by atoms with Crippen molar-refractivity contribution in [3.8, 4) is 5.75 Å². The fourth-order valence-electron chi connectivity index (χ4n) is 3.08. The minimum atomic E-state index is 0.164. The molecule has 0 aromatic heterocycles. The van der Waals surface area contributed by atoms with E-state index in [1.54, 1.807) is 0 Å². The first kappa shape index (κ1) is 16.0. The number of rotatable bonds is 5. The molecule has 1 aromatic carbocycles. The van der Waals surface area contributed by atoms with E-state index in [2.05, 4.69) is 0 Å². The van der Waals surface area contributed by atoms with Gasteiger partial charge in [-0.1, -0.05) is 6.07 Å². The number of hydrogen-bond acceptors (Lipinski definition) is 4. The lowest BCUT2D eigenvalue weighted by Gasteiger charge is -2.26. The minimum absolute atomic E-state index is 0.164. The summed E-state index contributed by atoms with van der Waals surface area (Å²) in [7, 11) is 0. The van der Waals surface area contributed by atoms with Gasteiger partial charge in [-0.15, -0.1) is 0 Å². The molecule has 1 amide bonds. The van der Waals surface area contributed by atoms with E-state index in [-0.39, 0.29) is 11.7 Å². The third-order valence-electron chi connectivity index (χ3n) is 4.40. The summed E-state index contributed by atoms with van der Waals surface area (Å²) in [5.41, 5.74) is 1.93. The van der Waals surface area contributed by atoms with Gasteiger partial charge in [-0.3, -0.25) is 9.59 Å². The van der Waals surface area contributed by atoms with E-state index in [0.29, 0.717) is 52.2 Å². The van der Waals surface area contributed by atoms with Crippen LogP contribution in [-0.2, 0) is 16.0 Å². The first-order valence-corrected chi connectivity index (χ1v) is 8.38. The minimum Gasteiger partial charge on any atom is -0.494 e. The lowest BCUT2D eigenvalue weighted by Crippen LogP contribution is -2.40. The molecule has 0 spiro atoms. The molecule has 23 heavy (non-hydrogen) atoms. The maximum absolute atomic E-state index is 12.0. The second-order valence-electron chi connectivity index (χ2n) is 6.04. The monoisotopic (exact) mass is 317 g/mol. The predicted molar refractivity (Wildman–Crippen MR) is 85.8 cm³/mol. The van der Waals surface area contributed by atoms with Gasteiger partial charge in [0.15, 0.2) is 5.78 Å². The van der Waals surface area contributed by atoms with Crippen molar-refractivity contribution in [1.29, 1.82) is 0 Å². The van der Waals surface area contributed by atoms with Gasteiger partial charge < -0.3 is 14.4 Å². The van der Waals surface area contributed by atoms with Gasteiger partial charge in [-0.25, -0.2) is 0 Å². The smallest absolute Gasteiger partial charge is 0.222 e. The van der Waals surface area contributed by atoms with Gasteiger partial charge in [0.25, 0.3) is 0 Å². The Kier molecular flexibility index (Phi) is 5.28. The van der Waals surface area contributed by atoms with Crippen LogP contribution in [0.4, 0.5) is 0 Å². The van der Waals surface area contributed by atoms with Gasteiger partial charge in [0.2, 0.25) is 5.91 Å². The number of fused-ring (bicyclic) bond motifs is 1. The van der Waals surface area contributed by atoms with Crippen LogP contribution in [0.3, 0.4) is 0 Å². The Morgan fingerprint density at radius 2 is 2.04 bits per heavy atom. The summed E-state index contributed by atoms with van der Waals surface area (Å²) in [4.78, 5) is 25.8. The standard InChI is InChI=1S/C18H23NO4/c20-17-4-1-3-14-6-7-15(13-16(14)17)23-10-2-5-18(21)19-8-11-22-12-9-19/h6-7,13H,1-5,8-12H2. The zero-order chi connectivity index (χ0) is 16.1. The van der Waals surface area contributed by atoms with Crippen LogP contribution >= 0.6 is 0 Å². The van der Waals surface area contributed by atoms with Gasteiger partial charge >= 0.3 is 0 Å². The molecule has 0 atom stereocenters. The maximum Gasteiger partial charge on any atom is 0.222 e. The maximum atomic E-state index is 12.0. The molecule has 124 valence electrons. The molecule has 1 fully saturated rings. The Hall–Kier alpha value is -1.88. The summed E-state index contributed by atoms with van der Waals surface area (Å²) in [6, 6.07) is 5.75. The molecule has 5 heteroatoms. The fourth-order valence-corrected chi connectivity index (χ4v) is 3.08. The largest absolute Gasteiger partial charge is 0.494 e. The van der Waals surface area contributed by atoms with Crippen molar-refractivity contribution in [2.75, 3.05) is 32.9 Å². The van der Waals surface area contributed by atoms with Crippen molar-refractivity contribution in [2.24, 2.45) is 0 Å². The number of benzene rings is 1. The average molecular weight is 317 g/mol. The van der Waals surface area contributed by atoms with Crippen LogP contribution in [0.15, 0.2) is 18.2 Å². The van der Waals surface area contributed by atoms with E-state index in [0.717, 1.165) is 29.7 Å². The number of ether oxygens (including phenoxy) is 2. The molecular weight excluding hydrogens is 294 g/mol. The molecule has 1 saturated heterocycles. The van der Waals surface area contributed by atoms with E-state index in [1.807, 2.05) is 23.1 Å². The lowest BCUT2D eigenvalue weighted by atomic mass is 9.90. The molecule has 2 aliphatic rings. The van der Waals surface area contributed by atoms with Crippen LogP contribution < -0.4 is 4.74 Å². The van der Waals surface area contributed by atoms with Crippen LogP contribution in [0.1, 0.15) is 41.6 Å². The lowest BCUT2D eigenvalue weighted by molar-refractivity contribution is -0.135. The number of carbonyl (C=O) groups excluding carboxylic acids is 2. The molecule has 1 aliphatic carbocycles. The first-order valence-electron chi connectivity index (χ1n) is 8.38. The highest BCUT2D eigenvalue weighted by molar-refractivity contribution is 5.98. The van der Waals surface area contributed by atoms with Gasteiger partial charge in [0.1, 0.15) is 5.75 Å². The van der Waals surface area contributed by atoms with Gasteiger partial charge in [-0.05, 0) is 37.0 Å². The zero-order valence-electron chi connectivity index (χ0n) is 13.4. The zero-order valence-corrected chi connectivity index (χ0v) is 13.4. The van der Waals surface area contributed by atoms with Gasteiger partial charge in [0.05, 0.1) is 19.8 Å². The van der Waals surface area contributed by atoms with Crippen LogP contribution in [0.25, 0.3) is 0 Å². The molecule has 5 nitrogen and oxygen atoms in total. The summed E-state index contributed by atoms with van der Waals surface area (Å²) < 4.78 is 11.0. The molecule has 0 saturated carbocycles. The summed E-state index contributed by atoms with van der Waals surface area (Å²) in [6.07, 6.45) is 3.71. The molecule has 1 heterocycles. The number of nitrogens with zero attached hydrogens (tertiary/aromatic N) is 1. The summed E-state index contributed by atoms with van der Waals surface area (Å²) >= 11 is 0. The van der Waals surface area contributed by atoms with Crippen LogP contribution in [0.2, 0.25) is 0 Å². The van der Waals surface area contributed by atoms with Gasteiger partial charge in [-0.2, -0.15) is 0 Å². The van der Waals surface area contributed by atoms with Gasteiger partial charge in [0, 0.05) is 31.5 Å². The van der Waals surface area contributed by atoms with E-state index in [9.17, 15) is 9.59 Å². The quantitative estimate of drug-likeness (QED) is 0.782. The van der Waals surface area contributed by atoms with Crippen molar-refractivity contribution in [2.45, 2.75) is 32.1 Å². The molecule has 0 N–H and O–H groups in total. The van der Waals surface area contributed by atoms with Crippen LogP contribution in [-0.4, -0.2) is 49.5 Å². The number of hydrogen-bond donors (Lipinski definition) is 0. The normalized spacial score (nSPS) is 17.7. The van der Waals surface area contributed by atoms with Crippen molar-refractivity contribution in [3.05, 3.63) is 29.3 Å². The van der Waals surface area contributed by atoms with Crippen LogP contribution in [0, 0.1) is 0 Å². The summed E-state index contributed by atoms with van der Waals surface area (Å²) in [6.45, 7) is 3.12. The Balaban J connectivity index is 1.44. The summed E-state index contributed by atoms with van der Waals surface area (Å²) in [5.74, 6) is 1.09. The highest BCUT2D eigenvalue weighted by Crippen LogP contribution is 2.25. The van der Waals surface area contributed by atoms with Crippen molar-refractivity contribution < 1.29 is 19.1 Å². The third kappa shape index (κ3) is 4.10. The number of carbonyl (C=O) groups is 2. The molecule has 0 unspecified atom stereocenters. The SMILES string of the molecule is O=C1CCCc2ccc(OCCCC(=O)N3CCOCC3)cc21. The number of morpholine rings is 1. The van der Waals surface area contributed by atoms with E-state index in [1.165, 1.54) is 0 Å². The van der Waals surface area contributed by atoms with E-state index >= 15 is 0 Å². The van der Waals surface area contributed by atoms with Crippen molar-refractivity contribution in [1.82, 2.24) is 4.90 Å². The van der Waals surface area contributed by atoms with E-state index < -0.39 is 0 Å².